The second-order valence-corrected chi connectivity index (χ2v) is 6.57. The molecule has 20 heavy (non-hydrogen) atoms. The summed E-state index contributed by atoms with van der Waals surface area (Å²) in [4.78, 5) is 16.7. The number of nitrogens with zero attached hydrogens (tertiary/aromatic N) is 2. The van der Waals surface area contributed by atoms with Gasteiger partial charge in [0, 0.05) is 42.4 Å². The van der Waals surface area contributed by atoms with E-state index in [1.807, 2.05) is 11.0 Å². The summed E-state index contributed by atoms with van der Waals surface area (Å²) in [5, 5.41) is 3.41. The number of hydrogen-bond donors (Lipinski definition) is 1. The maximum atomic E-state index is 12.5. The summed E-state index contributed by atoms with van der Waals surface area (Å²) >= 11 is 3.49. The Morgan fingerprint density at radius 3 is 3.10 bits per heavy atom. The van der Waals surface area contributed by atoms with Gasteiger partial charge >= 0.3 is 0 Å². The lowest BCUT2D eigenvalue weighted by Gasteiger charge is -2.32. The van der Waals surface area contributed by atoms with Crippen LogP contribution >= 0.6 is 15.9 Å². The predicted octanol–water partition coefficient (Wildman–Crippen LogP) is 1.63. The van der Waals surface area contributed by atoms with Crippen molar-refractivity contribution in [3.63, 3.8) is 0 Å². The average Bonchev–Trinajstić information content (AvgIpc) is 2.81. The van der Waals surface area contributed by atoms with Crippen LogP contribution in [-0.4, -0.2) is 49.6 Å². The molecule has 1 aromatic rings. The molecule has 0 spiro atoms. The van der Waals surface area contributed by atoms with Crippen LogP contribution in [0, 0.1) is 0 Å². The third kappa shape index (κ3) is 2.90. The fourth-order valence-corrected chi connectivity index (χ4v) is 3.39. The van der Waals surface area contributed by atoms with E-state index in [9.17, 15) is 4.79 Å². The zero-order valence-corrected chi connectivity index (χ0v) is 13.3. The second kappa shape index (κ2) is 5.84. The molecule has 0 aliphatic carbocycles. The van der Waals surface area contributed by atoms with Gasteiger partial charge in [-0.2, -0.15) is 0 Å². The third-order valence-electron chi connectivity index (χ3n) is 4.06. The van der Waals surface area contributed by atoms with Gasteiger partial charge in [0.05, 0.1) is 6.54 Å². The Balaban J connectivity index is 1.69. The Hall–Kier alpha value is -0.910. The van der Waals surface area contributed by atoms with E-state index in [4.69, 9.17) is 0 Å². The van der Waals surface area contributed by atoms with Crippen molar-refractivity contribution in [2.75, 3.05) is 37.6 Å². The number of amides is 1. The SMILES string of the molecule is CC1CN(CC(=O)N2CCc3ccc(Br)cc32)CCN1. The molecule has 1 saturated heterocycles. The number of piperazine rings is 1. The number of anilines is 1. The summed E-state index contributed by atoms with van der Waals surface area (Å²) in [6.45, 7) is 6.37. The molecule has 0 saturated carbocycles. The molecule has 0 aromatic heterocycles. The molecule has 3 rings (SSSR count). The lowest BCUT2D eigenvalue weighted by molar-refractivity contribution is -0.119. The van der Waals surface area contributed by atoms with E-state index < -0.39 is 0 Å². The van der Waals surface area contributed by atoms with Crippen LogP contribution in [0.15, 0.2) is 22.7 Å². The van der Waals surface area contributed by atoms with Gasteiger partial charge in [-0.15, -0.1) is 0 Å². The molecule has 1 amide bonds. The van der Waals surface area contributed by atoms with Crippen molar-refractivity contribution in [1.29, 1.82) is 0 Å². The Kier molecular flexibility index (Phi) is 4.10. The normalized spacial score (nSPS) is 22.9. The van der Waals surface area contributed by atoms with E-state index in [1.165, 1.54) is 5.56 Å². The van der Waals surface area contributed by atoms with Crippen LogP contribution in [0.3, 0.4) is 0 Å². The standard InChI is InChI=1S/C15H20BrN3O/c1-11-9-18(7-5-17-11)10-15(20)19-6-4-12-2-3-13(16)8-14(12)19/h2-3,8,11,17H,4-7,9-10H2,1H3. The first-order chi connectivity index (χ1) is 9.63. The van der Waals surface area contributed by atoms with Crippen molar-refractivity contribution < 1.29 is 4.79 Å². The van der Waals surface area contributed by atoms with Gasteiger partial charge in [-0.25, -0.2) is 0 Å². The highest BCUT2D eigenvalue weighted by Crippen LogP contribution is 2.31. The fourth-order valence-electron chi connectivity index (χ4n) is 3.04. The van der Waals surface area contributed by atoms with Gasteiger partial charge in [-0.3, -0.25) is 9.69 Å². The molecule has 1 N–H and O–H groups in total. The Morgan fingerprint density at radius 1 is 1.45 bits per heavy atom. The van der Waals surface area contributed by atoms with Crippen LogP contribution in [0.5, 0.6) is 0 Å². The van der Waals surface area contributed by atoms with E-state index >= 15 is 0 Å². The smallest absolute Gasteiger partial charge is 0.241 e. The van der Waals surface area contributed by atoms with Crippen molar-refractivity contribution in [1.82, 2.24) is 10.2 Å². The lowest BCUT2D eigenvalue weighted by Crippen LogP contribution is -2.52. The lowest BCUT2D eigenvalue weighted by atomic mass is 10.2. The third-order valence-corrected chi connectivity index (χ3v) is 4.55. The van der Waals surface area contributed by atoms with E-state index in [2.05, 4.69) is 45.2 Å². The minimum Gasteiger partial charge on any atom is -0.312 e. The van der Waals surface area contributed by atoms with Gasteiger partial charge in [-0.05, 0) is 31.0 Å². The minimum atomic E-state index is 0.218. The van der Waals surface area contributed by atoms with Gasteiger partial charge in [0.25, 0.3) is 0 Å². The number of carbonyl (C=O) groups excluding carboxylic acids is 1. The monoisotopic (exact) mass is 337 g/mol. The molecule has 0 bridgehead atoms. The Bertz CT molecular complexity index is 520. The quantitative estimate of drug-likeness (QED) is 0.890. The topological polar surface area (TPSA) is 35.6 Å². The summed E-state index contributed by atoms with van der Waals surface area (Å²) in [5.74, 6) is 0.218. The first-order valence-electron chi connectivity index (χ1n) is 7.18. The molecule has 1 aromatic carbocycles. The second-order valence-electron chi connectivity index (χ2n) is 5.66. The number of fused-ring (bicyclic) bond motifs is 1. The molecule has 2 aliphatic rings. The predicted molar refractivity (Wildman–Crippen MR) is 84.1 cm³/mol. The fraction of sp³-hybridized carbons (Fsp3) is 0.533. The maximum absolute atomic E-state index is 12.5. The van der Waals surface area contributed by atoms with Crippen LogP contribution in [0.2, 0.25) is 0 Å². The molecule has 1 atom stereocenters. The van der Waals surface area contributed by atoms with Crippen molar-refractivity contribution in [3.05, 3.63) is 28.2 Å². The summed E-state index contributed by atoms with van der Waals surface area (Å²) in [5.41, 5.74) is 2.35. The number of hydrogen-bond acceptors (Lipinski definition) is 3. The molecule has 1 fully saturated rings. The molecule has 2 heterocycles. The molecule has 5 heteroatoms. The first-order valence-corrected chi connectivity index (χ1v) is 7.97. The van der Waals surface area contributed by atoms with Crippen molar-refractivity contribution in [3.8, 4) is 0 Å². The molecule has 4 nitrogen and oxygen atoms in total. The van der Waals surface area contributed by atoms with Gasteiger partial charge in [0.2, 0.25) is 5.91 Å². The largest absolute Gasteiger partial charge is 0.312 e. The van der Waals surface area contributed by atoms with E-state index in [0.717, 1.165) is 42.8 Å². The Labute approximate surface area is 128 Å². The van der Waals surface area contributed by atoms with E-state index in [-0.39, 0.29) is 5.91 Å². The minimum absolute atomic E-state index is 0.218. The van der Waals surface area contributed by atoms with Gasteiger partial charge < -0.3 is 10.2 Å². The highest BCUT2D eigenvalue weighted by atomic mass is 79.9. The summed E-state index contributed by atoms with van der Waals surface area (Å²) < 4.78 is 1.03. The van der Waals surface area contributed by atoms with Crippen molar-refractivity contribution in [2.24, 2.45) is 0 Å². The van der Waals surface area contributed by atoms with Gasteiger partial charge in [0.1, 0.15) is 0 Å². The van der Waals surface area contributed by atoms with Crippen LogP contribution < -0.4 is 10.2 Å². The van der Waals surface area contributed by atoms with Crippen LogP contribution in [0.25, 0.3) is 0 Å². The molecule has 2 aliphatic heterocycles. The number of rotatable bonds is 2. The number of nitrogens with one attached hydrogen (secondary N) is 1. The number of carbonyl (C=O) groups is 1. The molecule has 0 radical (unpaired) electrons. The van der Waals surface area contributed by atoms with Crippen molar-refractivity contribution >= 4 is 27.5 Å². The van der Waals surface area contributed by atoms with E-state index in [1.54, 1.807) is 0 Å². The number of halogens is 1. The highest BCUT2D eigenvalue weighted by Gasteiger charge is 2.27. The molecular weight excluding hydrogens is 318 g/mol. The summed E-state index contributed by atoms with van der Waals surface area (Å²) in [6.07, 6.45) is 0.965. The Morgan fingerprint density at radius 2 is 2.30 bits per heavy atom. The molecular formula is C15H20BrN3O. The molecule has 1 unspecified atom stereocenters. The zero-order valence-electron chi connectivity index (χ0n) is 11.7. The van der Waals surface area contributed by atoms with E-state index in [0.29, 0.717) is 12.6 Å². The first kappa shape index (κ1) is 14.0. The molecule has 108 valence electrons. The maximum Gasteiger partial charge on any atom is 0.241 e. The van der Waals surface area contributed by atoms with Crippen LogP contribution in [0.4, 0.5) is 5.69 Å². The van der Waals surface area contributed by atoms with Gasteiger partial charge in [0.15, 0.2) is 0 Å². The summed E-state index contributed by atoms with van der Waals surface area (Å²) in [7, 11) is 0. The number of benzene rings is 1. The highest BCUT2D eigenvalue weighted by molar-refractivity contribution is 9.10. The van der Waals surface area contributed by atoms with Crippen molar-refractivity contribution in [2.45, 2.75) is 19.4 Å². The van der Waals surface area contributed by atoms with Crippen LogP contribution in [0.1, 0.15) is 12.5 Å². The zero-order chi connectivity index (χ0) is 14.1. The van der Waals surface area contributed by atoms with Crippen LogP contribution in [-0.2, 0) is 11.2 Å². The average molecular weight is 338 g/mol. The summed E-state index contributed by atoms with van der Waals surface area (Å²) in [6, 6.07) is 6.68. The van der Waals surface area contributed by atoms with Gasteiger partial charge in [-0.1, -0.05) is 22.0 Å².